The quantitative estimate of drug-likeness (QED) is 0.864. The van der Waals surface area contributed by atoms with E-state index in [2.05, 4.69) is 14.5 Å². The lowest BCUT2D eigenvalue weighted by Gasteiger charge is -2.47. The fraction of sp³-hybridized carbons (Fsp3) is 0.786. The number of fused-ring (bicyclic) bond motifs is 1. The van der Waals surface area contributed by atoms with Gasteiger partial charge in [0.1, 0.15) is 0 Å². The molecule has 0 radical (unpaired) electrons. The normalized spacial score (nSPS) is 33.3. The summed E-state index contributed by atoms with van der Waals surface area (Å²) < 4.78 is 2.08. The average Bonchev–Trinajstić information content (AvgIpc) is 2.75. The molecule has 1 aromatic rings. The second kappa shape index (κ2) is 4.67. The summed E-state index contributed by atoms with van der Waals surface area (Å²) in [6.07, 6.45) is 9.43. The second-order valence-corrected chi connectivity index (χ2v) is 6.03. The largest absolute Gasteiger partial charge is 0.390 e. The van der Waals surface area contributed by atoms with Gasteiger partial charge in [-0.1, -0.05) is 12.8 Å². The van der Waals surface area contributed by atoms with Crippen molar-refractivity contribution < 1.29 is 5.11 Å². The highest BCUT2D eigenvalue weighted by Gasteiger charge is 2.42. The molecule has 1 aromatic heterocycles. The van der Waals surface area contributed by atoms with Crippen LogP contribution in [0, 0.1) is 5.92 Å². The molecule has 1 aliphatic heterocycles. The van der Waals surface area contributed by atoms with Gasteiger partial charge in [0.05, 0.1) is 17.6 Å². The smallest absolute Gasteiger partial charge is 0.0945 e. The van der Waals surface area contributed by atoms with Crippen molar-refractivity contribution in [2.75, 3.05) is 13.1 Å². The van der Waals surface area contributed by atoms with Crippen LogP contribution in [0.4, 0.5) is 0 Å². The van der Waals surface area contributed by atoms with Crippen LogP contribution in [0.5, 0.6) is 0 Å². The van der Waals surface area contributed by atoms with Crippen molar-refractivity contribution in [1.82, 2.24) is 14.5 Å². The number of rotatable bonds is 2. The number of aryl methyl sites for hydroxylation is 1. The Balaban J connectivity index is 1.65. The van der Waals surface area contributed by atoms with Gasteiger partial charge >= 0.3 is 0 Å². The Kier molecular flexibility index (Phi) is 3.16. The van der Waals surface area contributed by atoms with Crippen molar-refractivity contribution in [3.8, 4) is 0 Å². The van der Waals surface area contributed by atoms with Crippen molar-refractivity contribution in [3.05, 3.63) is 18.2 Å². The van der Waals surface area contributed by atoms with Crippen LogP contribution in [0.1, 0.15) is 37.8 Å². The predicted octanol–water partition coefficient (Wildman–Crippen LogP) is 1.55. The lowest BCUT2D eigenvalue weighted by molar-refractivity contribution is -0.0970. The topological polar surface area (TPSA) is 41.3 Å². The van der Waals surface area contributed by atoms with E-state index in [-0.39, 0.29) is 5.60 Å². The summed E-state index contributed by atoms with van der Waals surface area (Å²) in [4.78, 5) is 6.64. The molecular formula is C14H23N3O. The molecule has 18 heavy (non-hydrogen) atoms. The van der Waals surface area contributed by atoms with Crippen LogP contribution in [-0.4, -0.2) is 38.2 Å². The minimum Gasteiger partial charge on any atom is -0.390 e. The van der Waals surface area contributed by atoms with Crippen molar-refractivity contribution in [2.45, 2.75) is 44.2 Å². The zero-order valence-corrected chi connectivity index (χ0v) is 11.2. The highest BCUT2D eigenvalue weighted by atomic mass is 16.3. The first-order valence-electron chi connectivity index (χ1n) is 7.07. The summed E-state index contributed by atoms with van der Waals surface area (Å²) in [5.74, 6) is 0.480. The zero-order chi connectivity index (χ0) is 12.6. The van der Waals surface area contributed by atoms with Crippen molar-refractivity contribution >= 4 is 0 Å². The van der Waals surface area contributed by atoms with Crippen molar-refractivity contribution in [3.63, 3.8) is 0 Å². The molecule has 4 heteroatoms. The molecule has 2 atom stereocenters. The van der Waals surface area contributed by atoms with Gasteiger partial charge in [-0.15, -0.1) is 0 Å². The average molecular weight is 249 g/mol. The fourth-order valence-corrected chi connectivity index (χ4v) is 3.55. The fourth-order valence-electron chi connectivity index (χ4n) is 3.55. The van der Waals surface area contributed by atoms with Crippen LogP contribution in [0.15, 0.2) is 12.5 Å². The first-order valence-corrected chi connectivity index (χ1v) is 7.07. The number of hydrogen-bond donors (Lipinski definition) is 1. The first-order chi connectivity index (χ1) is 8.67. The van der Waals surface area contributed by atoms with Crippen LogP contribution in [0.25, 0.3) is 0 Å². The summed E-state index contributed by atoms with van der Waals surface area (Å²) in [6, 6.07) is 0. The maximum absolute atomic E-state index is 10.6. The highest BCUT2D eigenvalue weighted by molar-refractivity contribution is 5.01. The van der Waals surface area contributed by atoms with Gasteiger partial charge in [0, 0.05) is 38.8 Å². The Morgan fingerprint density at radius 2 is 2.33 bits per heavy atom. The molecule has 2 fully saturated rings. The first kappa shape index (κ1) is 12.2. The van der Waals surface area contributed by atoms with Gasteiger partial charge in [-0.2, -0.15) is 0 Å². The Bertz CT molecular complexity index is 417. The molecule has 1 saturated carbocycles. The Morgan fingerprint density at radius 1 is 1.44 bits per heavy atom. The van der Waals surface area contributed by atoms with Gasteiger partial charge in [-0.25, -0.2) is 4.98 Å². The third-order valence-electron chi connectivity index (χ3n) is 4.81. The standard InChI is InChI=1S/C14H23N3O/c1-16-11-15-8-13(16)10-17-7-6-14(18)5-3-2-4-12(14)9-17/h8,11-12,18H,2-7,9-10H2,1H3/t12-,14-/m0/s1. The van der Waals surface area contributed by atoms with Gasteiger partial charge in [0.15, 0.2) is 0 Å². The molecule has 2 heterocycles. The minimum atomic E-state index is -0.360. The SMILES string of the molecule is Cn1cncc1CN1CC[C@@]2(O)CCCC[C@H]2C1. The summed E-state index contributed by atoms with van der Waals surface area (Å²) in [7, 11) is 2.04. The molecule has 0 bridgehead atoms. The number of hydrogen-bond acceptors (Lipinski definition) is 3. The van der Waals surface area contributed by atoms with Crippen LogP contribution >= 0.6 is 0 Å². The number of likely N-dealkylation sites (tertiary alicyclic amines) is 1. The number of aromatic nitrogens is 2. The lowest BCUT2D eigenvalue weighted by Crippen LogP contribution is -2.53. The molecule has 4 nitrogen and oxygen atoms in total. The van der Waals surface area contributed by atoms with E-state index in [1.54, 1.807) is 0 Å². The molecule has 1 aliphatic carbocycles. The minimum absolute atomic E-state index is 0.360. The summed E-state index contributed by atoms with van der Waals surface area (Å²) in [5, 5.41) is 10.6. The van der Waals surface area contributed by atoms with Gasteiger partial charge < -0.3 is 9.67 Å². The van der Waals surface area contributed by atoms with Crippen LogP contribution in [0.3, 0.4) is 0 Å². The number of imidazole rings is 1. The monoisotopic (exact) mass is 249 g/mol. The van der Waals surface area contributed by atoms with Crippen LogP contribution in [-0.2, 0) is 13.6 Å². The molecule has 1 saturated heterocycles. The maximum Gasteiger partial charge on any atom is 0.0945 e. The predicted molar refractivity (Wildman–Crippen MR) is 70.0 cm³/mol. The van der Waals surface area contributed by atoms with Crippen LogP contribution in [0.2, 0.25) is 0 Å². The molecule has 3 rings (SSSR count). The van der Waals surface area contributed by atoms with Gasteiger partial charge in [-0.05, 0) is 19.3 Å². The summed E-state index contributed by atoms with van der Waals surface area (Å²) in [6.45, 7) is 3.02. The maximum atomic E-state index is 10.6. The van der Waals surface area contributed by atoms with E-state index in [4.69, 9.17) is 0 Å². The number of nitrogens with zero attached hydrogens (tertiary/aromatic N) is 3. The molecule has 0 spiro atoms. The highest BCUT2D eigenvalue weighted by Crippen LogP contribution is 2.39. The molecule has 2 aliphatic rings. The van der Waals surface area contributed by atoms with Gasteiger partial charge in [0.2, 0.25) is 0 Å². The Labute approximate surface area is 109 Å². The van der Waals surface area contributed by atoms with E-state index >= 15 is 0 Å². The number of piperidine rings is 1. The molecular weight excluding hydrogens is 226 g/mol. The lowest BCUT2D eigenvalue weighted by atomic mass is 9.71. The van der Waals surface area contributed by atoms with E-state index in [9.17, 15) is 5.11 Å². The van der Waals surface area contributed by atoms with Crippen molar-refractivity contribution in [1.29, 1.82) is 0 Å². The van der Waals surface area contributed by atoms with Gasteiger partial charge in [0.25, 0.3) is 0 Å². The molecule has 0 unspecified atom stereocenters. The summed E-state index contributed by atoms with van der Waals surface area (Å²) >= 11 is 0. The summed E-state index contributed by atoms with van der Waals surface area (Å²) in [5.41, 5.74) is 0.901. The Morgan fingerprint density at radius 3 is 3.11 bits per heavy atom. The Hall–Kier alpha value is -0.870. The zero-order valence-electron chi connectivity index (χ0n) is 11.2. The van der Waals surface area contributed by atoms with E-state index < -0.39 is 0 Å². The molecule has 1 N–H and O–H groups in total. The molecule has 100 valence electrons. The third-order valence-corrected chi connectivity index (χ3v) is 4.81. The van der Waals surface area contributed by atoms with Crippen molar-refractivity contribution in [2.24, 2.45) is 13.0 Å². The van der Waals surface area contributed by atoms with E-state index in [0.717, 1.165) is 32.5 Å². The van der Waals surface area contributed by atoms with Crippen LogP contribution < -0.4 is 0 Å². The van der Waals surface area contributed by atoms with E-state index in [1.807, 2.05) is 19.6 Å². The van der Waals surface area contributed by atoms with Gasteiger partial charge in [-0.3, -0.25) is 4.90 Å². The molecule has 0 amide bonds. The second-order valence-electron chi connectivity index (χ2n) is 6.03. The van der Waals surface area contributed by atoms with E-state index in [1.165, 1.54) is 25.0 Å². The number of aliphatic hydroxyl groups is 1. The third kappa shape index (κ3) is 2.19. The van der Waals surface area contributed by atoms with E-state index in [0.29, 0.717) is 5.92 Å². The molecule has 0 aromatic carbocycles.